The van der Waals surface area contributed by atoms with Gasteiger partial charge in [0.2, 0.25) is 0 Å². The Kier molecular flexibility index (Phi) is 5.03. The third kappa shape index (κ3) is 4.20. The first-order valence-electron chi connectivity index (χ1n) is 7.56. The summed E-state index contributed by atoms with van der Waals surface area (Å²) >= 11 is 0. The van der Waals surface area contributed by atoms with Gasteiger partial charge in [0.05, 0.1) is 12.8 Å². The lowest BCUT2D eigenvalue weighted by atomic mass is 10.1. The molecule has 0 fully saturated rings. The van der Waals surface area contributed by atoms with Crippen LogP contribution in [0.25, 0.3) is 11.3 Å². The van der Waals surface area contributed by atoms with Gasteiger partial charge in [-0.1, -0.05) is 6.07 Å². The van der Waals surface area contributed by atoms with Crippen LogP contribution in [0.1, 0.15) is 11.1 Å². The van der Waals surface area contributed by atoms with E-state index in [1.165, 1.54) is 6.07 Å². The van der Waals surface area contributed by atoms with Crippen molar-refractivity contribution in [2.75, 3.05) is 0 Å². The summed E-state index contributed by atoms with van der Waals surface area (Å²) in [6.45, 7) is -0.0256. The second-order valence-corrected chi connectivity index (χ2v) is 5.30. The van der Waals surface area contributed by atoms with Crippen LogP contribution in [0.3, 0.4) is 0 Å². The van der Waals surface area contributed by atoms with Crippen LogP contribution >= 0.6 is 0 Å². The Labute approximate surface area is 142 Å². The SMILES string of the molecule is O=C(NCc1cncc(-c2ccco2)c1)NCc1c(F)cccc1F. The number of hydrogen-bond donors (Lipinski definition) is 2. The van der Waals surface area contributed by atoms with Gasteiger partial charge in [-0.25, -0.2) is 13.6 Å². The minimum atomic E-state index is -0.698. The fraction of sp³-hybridized carbons (Fsp3) is 0.111. The monoisotopic (exact) mass is 343 g/mol. The molecule has 0 atom stereocenters. The zero-order valence-electron chi connectivity index (χ0n) is 13.1. The first-order chi connectivity index (χ1) is 12.1. The highest BCUT2D eigenvalue weighted by molar-refractivity contribution is 5.73. The molecule has 0 saturated heterocycles. The van der Waals surface area contributed by atoms with Gasteiger partial charge >= 0.3 is 6.03 Å². The summed E-state index contributed by atoms with van der Waals surface area (Å²) in [4.78, 5) is 15.9. The molecule has 0 bridgehead atoms. The van der Waals surface area contributed by atoms with Crippen LogP contribution in [0.15, 0.2) is 59.5 Å². The van der Waals surface area contributed by atoms with Crippen LogP contribution in [-0.2, 0) is 13.1 Å². The van der Waals surface area contributed by atoms with E-state index in [2.05, 4.69) is 15.6 Å². The summed E-state index contributed by atoms with van der Waals surface area (Å²) in [6, 6.07) is 8.44. The Morgan fingerprint density at radius 2 is 1.80 bits per heavy atom. The van der Waals surface area contributed by atoms with Gasteiger partial charge in [0.1, 0.15) is 17.4 Å². The maximum absolute atomic E-state index is 13.5. The minimum absolute atomic E-state index is 0.181. The predicted molar refractivity (Wildman–Crippen MR) is 87.4 cm³/mol. The van der Waals surface area contributed by atoms with Crippen LogP contribution in [0.4, 0.5) is 13.6 Å². The molecule has 0 spiro atoms. The van der Waals surface area contributed by atoms with Crippen molar-refractivity contribution in [3.63, 3.8) is 0 Å². The number of nitrogens with zero attached hydrogens (tertiary/aromatic N) is 1. The Balaban J connectivity index is 1.55. The van der Waals surface area contributed by atoms with Crippen LogP contribution in [0.5, 0.6) is 0 Å². The molecule has 2 heterocycles. The zero-order chi connectivity index (χ0) is 17.6. The summed E-state index contributed by atoms with van der Waals surface area (Å²) in [5, 5.41) is 5.04. The third-order valence-corrected chi connectivity index (χ3v) is 3.54. The lowest BCUT2D eigenvalue weighted by Crippen LogP contribution is -2.35. The second kappa shape index (κ2) is 7.57. The number of benzene rings is 1. The molecular formula is C18H15F2N3O2. The number of carbonyl (C=O) groups is 1. The predicted octanol–water partition coefficient (Wildman–Crippen LogP) is 3.62. The van der Waals surface area contributed by atoms with Crippen molar-refractivity contribution in [2.24, 2.45) is 0 Å². The lowest BCUT2D eigenvalue weighted by Gasteiger charge is -2.09. The first-order valence-corrected chi connectivity index (χ1v) is 7.56. The highest BCUT2D eigenvalue weighted by Crippen LogP contribution is 2.19. The minimum Gasteiger partial charge on any atom is -0.464 e. The highest BCUT2D eigenvalue weighted by atomic mass is 19.1. The van der Waals surface area contributed by atoms with Gasteiger partial charge in [0.15, 0.2) is 0 Å². The van der Waals surface area contributed by atoms with E-state index in [0.717, 1.165) is 23.3 Å². The van der Waals surface area contributed by atoms with E-state index in [1.807, 2.05) is 12.1 Å². The number of aromatic nitrogens is 1. The summed E-state index contributed by atoms with van der Waals surface area (Å²) in [5.74, 6) is -0.722. The van der Waals surface area contributed by atoms with E-state index in [9.17, 15) is 13.6 Å². The number of hydrogen-bond acceptors (Lipinski definition) is 3. The van der Waals surface area contributed by atoms with Crippen LogP contribution in [-0.4, -0.2) is 11.0 Å². The van der Waals surface area contributed by atoms with Crippen molar-refractivity contribution in [1.82, 2.24) is 15.6 Å². The molecule has 0 aliphatic rings. The van der Waals surface area contributed by atoms with Gasteiger partial charge in [0, 0.05) is 30.1 Å². The molecule has 7 heteroatoms. The molecule has 25 heavy (non-hydrogen) atoms. The van der Waals surface area contributed by atoms with Gasteiger partial charge in [0.25, 0.3) is 0 Å². The third-order valence-electron chi connectivity index (χ3n) is 3.54. The molecule has 0 unspecified atom stereocenters. The second-order valence-electron chi connectivity index (χ2n) is 5.30. The number of carbonyl (C=O) groups excluding carboxylic acids is 1. The number of amides is 2. The van der Waals surface area contributed by atoms with Crippen molar-refractivity contribution in [3.8, 4) is 11.3 Å². The summed E-state index contributed by atoms with van der Waals surface area (Å²) in [6.07, 6.45) is 4.84. The Bertz CT molecular complexity index is 846. The standard InChI is InChI=1S/C18H15F2N3O2/c19-15-3-1-4-16(20)14(15)11-23-18(24)22-9-12-7-13(10-21-8-12)17-5-2-6-25-17/h1-8,10H,9,11H2,(H2,22,23,24). The summed E-state index contributed by atoms with van der Waals surface area (Å²) < 4.78 is 32.3. The zero-order valence-corrected chi connectivity index (χ0v) is 13.1. The summed E-state index contributed by atoms with van der Waals surface area (Å²) in [5.41, 5.74) is 1.37. The Hall–Kier alpha value is -3.22. The van der Waals surface area contributed by atoms with Crippen LogP contribution < -0.4 is 10.6 Å². The topological polar surface area (TPSA) is 67.2 Å². The molecule has 3 rings (SSSR count). The number of rotatable bonds is 5. The average Bonchev–Trinajstić information content (AvgIpc) is 3.14. The van der Waals surface area contributed by atoms with E-state index >= 15 is 0 Å². The van der Waals surface area contributed by atoms with E-state index in [1.54, 1.807) is 24.7 Å². The van der Waals surface area contributed by atoms with Crippen molar-refractivity contribution in [2.45, 2.75) is 13.1 Å². The van der Waals surface area contributed by atoms with Gasteiger partial charge in [-0.15, -0.1) is 0 Å². The van der Waals surface area contributed by atoms with E-state index in [0.29, 0.717) is 5.76 Å². The summed E-state index contributed by atoms with van der Waals surface area (Å²) in [7, 11) is 0. The molecule has 0 saturated carbocycles. The fourth-order valence-corrected chi connectivity index (χ4v) is 2.28. The number of nitrogens with one attached hydrogen (secondary N) is 2. The van der Waals surface area contributed by atoms with Crippen molar-refractivity contribution in [3.05, 3.63) is 77.8 Å². The maximum atomic E-state index is 13.5. The molecule has 0 aliphatic carbocycles. The molecule has 0 aliphatic heterocycles. The fourth-order valence-electron chi connectivity index (χ4n) is 2.28. The molecule has 2 amide bonds. The normalized spacial score (nSPS) is 10.5. The van der Waals surface area contributed by atoms with E-state index in [-0.39, 0.29) is 18.7 Å². The number of pyridine rings is 1. The number of furan rings is 1. The van der Waals surface area contributed by atoms with Crippen molar-refractivity contribution in [1.29, 1.82) is 0 Å². The van der Waals surface area contributed by atoms with Crippen LogP contribution in [0.2, 0.25) is 0 Å². The largest absolute Gasteiger partial charge is 0.464 e. The molecule has 1 aromatic carbocycles. The smallest absolute Gasteiger partial charge is 0.315 e. The Morgan fingerprint density at radius 1 is 1.04 bits per heavy atom. The molecule has 2 N–H and O–H groups in total. The van der Waals surface area contributed by atoms with E-state index in [4.69, 9.17) is 4.42 Å². The molecule has 3 aromatic rings. The van der Waals surface area contributed by atoms with Gasteiger partial charge < -0.3 is 15.1 Å². The van der Waals surface area contributed by atoms with Gasteiger partial charge in [-0.05, 0) is 35.9 Å². The molecular weight excluding hydrogens is 328 g/mol. The maximum Gasteiger partial charge on any atom is 0.315 e. The average molecular weight is 343 g/mol. The molecule has 128 valence electrons. The van der Waals surface area contributed by atoms with Gasteiger partial charge in [-0.2, -0.15) is 0 Å². The Morgan fingerprint density at radius 3 is 2.52 bits per heavy atom. The van der Waals surface area contributed by atoms with Gasteiger partial charge in [-0.3, -0.25) is 4.98 Å². The number of halogens is 2. The first kappa shape index (κ1) is 16.6. The molecule has 2 aromatic heterocycles. The molecule has 0 radical (unpaired) electrons. The lowest BCUT2D eigenvalue weighted by molar-refractivity contribution is 0.240. The number of urea groups is 1. The van der Waals surface area contributed by atoms with Crippen molar-refractivity contribution >= 4 is 6.03 Å². The van der Waals surface area contributed by atoms with E-state index < -0.39 is 17.7 Å². The van der Waals surface area contributed by atoms with Crippen molar-refractivity contribution < 1.29 is 18.0 Å². The van der Waals surface area contributed by atoms with Crippen LogP contribution in [0, 0.1) is 11.6 Å². The molecule has 5 nitrogen and oxygen atoms in total. The highest BCUT2D eigenvalue weighted by Gasteiger charge is 2.10. The quantitative estimate of drug-likeness (QED) is 0.743.